The van der Waals surface area contributed by atoms with Crippen LogP contribution in [0.2, 0.25) is 10.0 Å². The summed E-state index contributed by atoms with van der Waals surface area (Å²) in [6.07, 6.45) is -4.50. The van der Waals surface area contributed by atoms with Crippen LogP contribution in [0.5, 0.6) is 0 Å². The van der Waals surface area contributed by atoms with Crippen molar-refractivity contribution in [3.8, 4) is 11.3 Å². The molecular weight excluding hydrogens is 334 g/mol. The smallest absolute Gasteiger partial charge is 0.248 e. The molecule has 3 aromatic rings. The molecule has 1 heterocycles. The average Bonchev–Trinajstić information content (AvgIpc) is 2.46. The van der Waals surface area contributed by atoms with Crippen LogP contribution >= 0.6 is 23.2 Å². The number of halogens is 5. The van der Waals surface area contributed by atoms with Gasteiger partial charge >= 0.3 is 6.18 Å². The first kappa shape index (κ1) is 15.1. The van der Waals surface area contributed by atoms with Crippen LogP contribution in [-0.2, 0) is 6.18 Å². The van der Waals surface area contributed by atoms with E-state index >= 15 is 0 Å². The summed E-state index contributed by atoms with van der Waals surface area (Å²) in [6, 6.07) is 12.3. The molecule has 0 bridgehead atoms. The summed E-state index contributed by atoms with van der Waals surface area (Å²) in [7, 11) is 0. The van der Waals surface area contributed by atoms with Gasteiger partial charge in [-0.3, -0.25) is 0 Å². The second-order valence-corrected chi connectivity index (χ2v) is 5.57. The van der Waals surface area contributed by atoms with Crippen molar-refractivity contribution in [2.24, 2.45) is 0 Å². The number of nitrogens with zero attached hydrogens (tertiary/aromatic N) is 1. The SMILES string of the molecule is FC(F)(F)c1cc(-c2ccc3cc(Cl)ccc3n2)ccc1Cl. The topological polar surface area (TPSA) is 12.9 Å². The Morgan fingerprint density at radius 2 is 1.64 bits per heavy atom. The number of rotatable bonds is 1. The van der Waals surface area contributed by atoms with Gasteiger partial charge in [0.25, 0.3) is 0 Å². The summed E-state index contributed by atoms with van der Waals surface area (Å²) < 4.78 is 38.8. The molecule has 22 heavy (non-hydrogen) atoms. The number of hydrogen-bond acceptors (Lipinski definition) is 1. The molecule has 6 heteroatoms. The van der Waals surface area contributed by atoms with Crippen molar-refractivity contribution in [3.05, 3.63) is 64.1 Å². The van der Waals surface area contributed by atoms with Gasteiger partial charge in [0, 0.05) is 16.0 Å². The van der Waals surface area contributed by atoms with E-state index in [0.717, 1.165) is 11.5 Å². The van der Waals surface area contributed by atoms with Crippen molar-refractivity contribution in [1.82, 2.24) is 4.98 Å². The molecule has 3 rings (SSSR count). The van der Waals surface area contributed by atoms with Crippen molar-refractivity contribution < 1.29 is 13.2 Å². The number of hydrogen-bond donors (Lipinski definition) is 0. The van der Waals surface area contributed by atoms with E-state index in [1.807, 2.05) is 0 Å². The molecule has 0 spiro atoms. The highest BCUT2D eigenvalue weighted by Crippen LogP contribution is 2.37. The molecular formula is C16H8Cl2F3N. The van der Waals surface area contributed by atoms with Gasteiger partial charge in [0.15, 0.2) is 0 Å². The van der Waals surface area contributed by atoms with Crippen molar-refractivity contribution in [3.63, 3.8) is 0 Å². The summed E-state index contributed by atoms with van der Waals surface area (Å²) in [6.45, 7) is 0. The van der Waals surface area contributed by atoms with Gasteiger partial charge in [-0.2, -0.15) is 13.2 Å². The lowest BCUT2D eigenvalue weighted by atomic mass is 10.1. The van der Waals surface area contributed by atoms with Crippen LogP contribution in [0, 0.1) is 0 Å². The molecule has 0 fully saturated rings. The van der Waals surface area contributed by atoms with E-state index in [1.165, 1.54) is 12.1 Å². The Kier molecular flexibility index (Phi) is 3.75. The third-order valence-electron chi connectivity index (χ3n) is 3.22. The Morgan fingerprint density at radius 3 is 2.36 bits per heavy atom. The first-order chi connectivity index (χ1) is 10.3. The average molecular weight is 342 g/mol. The molecule has 2 aromatic carbocycles. The molecule has 0 radical (unpaired) electrons. The molecule has 0 aliphatic heterocycles. The molecule has 0 atom stereocenters. The Bertz CT molecular complexity index is 860. The minimum atomic E-state index is -4.50. The highest BCUT2D eigenvalue weighted by Gasteiger charge is 2.33. The highest BCUT2D eigenvalue weighted by molar-refractivity contribution is 6.31. The van der Waals surface area contributed by atoms with Gasteiger partial charge in [-0.15, -0.1) is 0 Å². The first-order valence-electron chi connectivity index (χ1n) is 6.28. The van der Waals surface area contributed by atoms with Gasteiger partial charge < -0.3 is 0 Å². The van der Waals surface area contributed by atoms with Crippen molar-refractivity contribution in [1.29, 1.82) is 0 Å². The summed E-state index contributed by atoms with van der Waals surface area (Å²) in [5.41, 5.74) is 0.584. The van der Waals surface area contributed by atoms with Gasteiger partial charge in [-0.05, 0) is 36.4 Å². The third-order valence-corrected chi connectivity index (χ3v) is 3.78. The minimum Gasteiger partial charge on any atom is -0.248 e. The van der Waals surface area contributed by atoms with Gasteiger partial charge in [0.05, 0.1) is 21.8 Å². The van der Waals surface area contributed by atoms with E-state index in [4.69, 9.17) is 23.2 Å². The molecule has 112 valence electrons. The van der Waals surface area contributed by atoms with E-state index in [9.17, 15) is 13.2 Å². The lowest BCUT2D eigenvalue weighted by molar-refractivity contribution is -0.137. The van der Waals surface area contributed by atoms with E-state index in [1.54, 1.807) is 30.3 Å². The first-order valence-corrected chi connectivity index (χ1v) is 7.03. The second kappa shape index (κ2) is 5.45. The van der Waals surface area contributed by atoms with Crippen LogP contribution in [0.4, 0.5) is 13.2 Å². The summed E-state index contributed by atoms with van der Waals surface area (Å²) in [5, 5.41) is 1.07. The quantitative estimate of drug-likeness (QED) is 0.511. The number of aromatic nitrogens is 1. The molecule has 0 unspecified atom stereocenters. The maximum atomic E-state index is 12.9. The maximum absolute atomic E-state index is 12.9. The van der Waals surface area contributed by atoms with Gasteiger partial charge in [-0.25, -0.2) is 4.98 Å². The monoisotopic (exact) mass is 341 g/mol. The Hall–Kier alpha value is -1.78. The van der Waals surface area contributed by atoms with Crippen LogP contribution in [0.1, 0.15) is 5.56 Å². The minimum absolute atomic E-state index is 0.330. The lowest BCUT2D eigenvalue weighted by Gasteiger charge is -2.11. The number of fused-ring (bicyclic) bond motifs is 1. The Morgan fingerprint density at radius 1 is 0.864 bits per heavy atom. The van der Waals surface area contributed by atoms with Crippen molar-refractivity contribution >= 4 is 34.1 Å². The zero-order valence-corrected chi connectivity index (χ0v) is 12.5. The molecule has 0 aliphatic carbocycles. The fourth-order valence-electron chi connectivity index (χ4n) is 2.16. The molecule has 1 aromatic heterocycles. The molecule has 0 saturated heterocycles. The zero-order chi connectivity index (χ0) is 15.9. The molecule has 0 N–H and O–H groups in total. The standard InChI is InChI=1S/C16H8Cl2F3N/c17-11-3-6-15-9(7-11)2-5-14(22-15)10-1-4-13(18)12(8-10)16(19,20)21/h1-8H. The van der Waals surface area contributed by atoms with E-state index < -0.39 is 11.7 Å². The fourth-order valence-corrected chi connectivity index (χ4v) is 2.56. The zero-order valence-electron chi connectivity index (χ0n) is 11.0. The number of pyridine rings is 1. The second-order valence-electron chi connectivity index (χ2n) is 4.73. The Balaban J connectivity index is 2.13. The Labute approximate surface area is 134 Å². The largest absolute Gasteiger partial charge is 0.417 e. The van der Waals surface area contributed by atoms with Crippen molar-refractivity contribution in [2.75, 3.05) is 0 Å². The van der Waals surface area contributed by atoms with Crippen LogP contribution in [0.3, 0.4) is 0 Å². The summed E-state index contributed by atoms with van der Waals surface area (Å²) in [4.78, 5) is 4.37. The predicted octanol–water partition coefficient (Wildman–Crippen LogP) is 6.23. The molecule has 0 saturated carbocycles. The van der Waals surface area contributed by atoms with Crippen molar-refractivity contribution in [2.45, 2.75) is 6.18 Å². The van der Waals surface area contributed by atoms with Gasteiger partial charge in [-0.1, -0.05) is 35.3 Å². The number of benzene rings is 2. The van der Waals surface area contributed by atoms with Crippen LogP contribution < -0.4 is 0 Å². The fraction of sp³-hybridized carbons (Fsp3) is 0.0625. The third kappa shape index (κ3) is 2.89. The van der Waals surface area contributed by atoms with Gasteiger partial charge in [0.2, 0.25) is 0 Å². The molecule has 1 nitrogen and oxygen atoms in total. The van der Waals surface area contributed by atoms with E-state index in [-0.39, 0.29) is 5.02 Å². The summed E-state index contributed by atoms with van der Waals surface area (Å²) >= 11 is 11.5. The highest BCUT2D eigenvalue weighted by atomic mass is 35.5. The van der Waals surface area contributed by atoms with E-state index in [2.05, 4.69) is 4.98 Å². The van der Waals surface area contributed by atoms with Crippen LogP contribution in [0.25, 0.3) is 22.2 Å². The predicted molar refractivity (Wildman–Crippen MR) is 82.2 cm³/mol. The summed E-state index contributed by atoms with van der Waals surface area (Å²) in [5.74, 6) is 0. The van der Waals surface area contributed by atoms with Crippen LogP contribution in [0.15, 0.2) is 48.5 Å². The van der Waals surface area contributed by atoms with Crippen LogP contribution in [-0.4, -0.2) is 4.98 Å². The normalized spacial score (nSPS) is 11.9. The lowest BCUT2D eigenvalue weighted by Crippen LogP contribution is -2.06. The van der Waals surface area contributed by atoms with Gasteiger partial charge in [0.1, 0.15) is 0 Å². The molecule has 0 amide bonds. The van der Waals surface area contributed by atoms with E-state index in [0.29, 0.717) is 21.8 Å². The molecule has 0 aliphatic rings. The number of alkyl halides is 3. The maximum Gasteiger partial charge on any atom is 0.417 e.